The van der Waals surface area contributed by atoms with Gasteiger partial charge in [-0.3, -0.25) is 0 Å². The molecule has 0 aliphatic carbocycles. The Morgan fingerprint density at radius 2 is 1.70 bits per heavy atom. The lowest BCUT2D eigenvalue weighted by Gasteiger charge is -2.12. The normalized spacial score (nSPS) is 12.5. The van der Waals surface area contributed by atoms with Gasteiger partial charge in [0, 0.05) is 5.56 Å². The van der Waals surface area contributed by atoms with Crippen LogP contribution >= 0.6 is 50.7 Å². The Balaban J connectivity index is 2.25. The van der Waals surface area contributed by atoms with Gasteiger partial charge < -0.3 is 0 Å². The Labute approximate surface area is 138 Å². The van der Waals surface area contributed by atoms with E-state index in [2.05, 4.69) is 15.9 Å². The summed E-state index contributed by atoms with van der Waals surface area (Å²) in [6, 6.07) is 7.20. The molecule has 0 bridgehead atoms. The van der Waals surface area contributed by atoms with Crippen molar-refractivity contribution in [3.8, 4) is 0 Å². The van der Waals surface area contributed by atoms with Crippen molar-refractivity contribution in [2.45, 2.75) is 11.8 Å². The molecular weight excluding hydrogens is 392 g/mol. The summed E-state index contributed by atoms with van der Waals surface area (Å²) < 4.78 is 27.3. The van der Waals surface area contributed by atoms with Gasteiger partial charge in [0.25, 0.3) is 0 Å². The third-order valence-corrected chi connectivity index (χ3v) is 4.51. The first-order valence-corrected chi connectivity index (χ1v) is 7.59. The summed E-state index contributed by atoms with van der Waals surface area (Å²) in [7, 11) is 0. The van der Waals surface area contributed by atoms with Gasteiger partial charge >= 0.3 is 0 Å². The molecule has 0 aliphatic rings. The molecule has 2 rings (SSSR count). The van der Waals surface area contributed by atoms with E-state index in [-0.39, 0.29) is 10.0 Å². The molecule has 0 spiro atoms. The van der Waals surface area contributed by atoms with E-state index in [4.69, 9.17) is 34.8 Å². The average molecular weight is 400 g/mol. The van der Waals surface area contributed by atoms with E-state index in [1.54, 1.807) is 18.2 Å². The Hall–Kier alpha value is -0.350. The zero-order valence-electron chi connectivity index (χ0n) is 9.94. The van der Waals surface area contributed by atoms with E-state index < -0.39 is 17.0 Å². The lowest BCUT2D eigenvalue weighted by molar-refractivity contribution is 0.577. The van der Waals surface area contributed by atoms with E-state index in [1.165, 1.54) is 0 Å². The van der Waals surface area contributed by atoms with Crippen LogP contribution in [0, 0.1) is 11.6 Å². The molecule has 6 heteroatoms. The van der Waals surface area contributed by atoms with E-state index in [9.17, 15) is 8.78 Å². The summed E-state index contributed by atoms with van der Waals surface area (Å²) in [5, 5.41) is 0.132. The maximum absolute atomic E-state index is 13.8. The van der Waals surface area contributed by atoms with E-state index in [0.717, 1.165) is 17.7 Å². The minimum Gasteiger partial charge on any atom is -0.207 e. The van der Waals surface area contributed by atoms with Crippen LogP contribution in [0.5, 0.6) is 0 Å². The Bertz CT molecular complexity index is 647. The van der Waals surface area contributed by atoms with Crippen LogP contribution in [0.3, 0.4) is 0 Å². The Kier molecular flexibility index (Phi) is 5.30. The second-order valence-corrected chi connectivity index (χ2v) is 6.40. The predicted molar refractivity (Wildman–Crippen MR) is 82.8 cm³/mol. The number of alkyl halides is 1. The van der Waals surface area contributed by atoms with E-state index in [0.29, 0.717) is 16.5 Å². The number of halogens is 6. The van der Waals surface area contributed by atoms with Gasteiger partial charge in [-0.15, -0.1) is 11.6 Å². The van der Waals surface area contributed by atoms with Gasteiger partial charge in [0.1, 0.15) is 11.6 Å². The van der Waals surface area contributed by atoms with Gasteiger partial charge in [0.15, 0.2) is 0 Å². The fraction of sp³-hybridized carbons (Fsp3) is 0.143. The third-order valence-electron chi connectivity index (χ3n) is 2.78. The van der Waals surface area contributed by atoms with Crippen molar-refractivity contribution in [2.75, 3.05) is 0 Å². The van der Waals surface area contributed by atoms with E-state index >= 15 is 0 Å². The van der Waals surface area contributed by atoms with Crippen molar-refractivity contribution in [2.24, 2.45) is 0 Å². The predicted octanol–water partition coefficient (Wildman–Crippen LogP) is 6.56. The number of rotatable bonds is 3. The molecule has 1 unspecified atom stereocenters. The minimum absolute atomic E-state index is 0.0668. The molecule has 0 amide bonds. The lowest BCUT2D eigenvalue weighted by Crippen LogP contribution is -2.00. The van der Waals surface area contributed by atoms with Crippen molar-refractivity contribution < 1.29 is 8.78 Å². The number of hydrogen-bond donors (Lipinski definition) is 0. The van der Waals surface area contributed by atoms with Crippen molar-refractivity contribution in [3.63, 3.8) is 0 Å². The number of benzene rings is 2. The summed E-state index contributed by atoms with van der Waals surface area (Å²) in [4.78, 5) is 0. The molecule has 1 atom stereocenters. The summed E-state index contributed by atoms with van der Waals surface area (Å²) >= 11 is 20.8. The largest absolute Gasteiger partial charge is 0.207 e. The van der Waals surface area contributed by atoms with Crippen LogP contribution in [-0.4, -0.2) is 0 Å². The molecule has 2 aromatic carbocycles. The number of hydrogen-bond acceptors (Lipinski definition) is 0. The average Bonchev–Trinajstić information content (AvgIpc) is 2.38. The first kappa shape index (κ1) is 16.0. The van der Waals surface area contributed by atoms with Gasteiger partial charge in [0.2, 0.25) is 0 Å². The molecule has 0 saturated heterocycles. The molecule has 0 aromatic heterocycles. The summed E-state index contributed by atoms with van der Waals surface area (Å²) in [6.07, 6.45) is 0.316. The maximum atomic E-state index is 13.8. The lowest BCUT2D eigenvalue weighted by atomic mass is 10.0. The fourth-order valence-electron chi connectivity index (χ4n) is 1.76. The maximum Gasteiger partial charge on any atom is 0.137 e. The highest BCUT2D eigenvalue weighted by atomic mass is 79.9. The molecular formula is C14H8BrCl3F2. The summed E-state index contributed by atoms with van der Waals surface area (Å²) in [5.74, 6) is -1.11. The van der Waals surface area contributed by atoms with Crippen LogP contribution in [0.15, 0.2) is 34.8 Å². The topological polar surface area (TPSA) is 0 Å². The van der Waals surface area contributed by atoms with Crippen LogP contribution in [-0.2, 0) is 6.42 Å². The minimum atomic E-state index is -0.699. The molecule has 0 radical (unpaired) electrons. The standard InChI is InChI=1S/C14H8BrCl3F2/c15-9-6-13(19)8(5-14(9)20)11(17)3-7-1-2-10(16)12(18)4-7/h1-2,4-6,11H,3H2. The van der Waals surface area contributed by atoms with Crippen molar-refractivity contribution in [1.82, 2.24) is 0 Å². The highest BCUT2D eigenvalue weighted by molar-refractivity contribution is 9.10. The first-order chi connectivity index (χ1) is 9.38. The highest BCUT2D eigenvalue weighted by Crippen LogP contribution is 2.32. The highest BCUT2D eigenvalue weighted by Gasteiger charge is 2.17. The zero-order valence-corrected chi connectivity index (χ0v) is 13.8. The smallest absolute Gasteiger partial charge is 0.137 e. The van der Waals surface area contributed by atoms with Gasteiger partial charge in [0.05, 0.1) is 19.9 Å². The van der Waals surface area contributed by atoms with Gasteiger partial charge in [-0.25, -0.2) is 8.78 Å². The van der Waals surface area contributed by atoms with Crippen molar-refractivity contribution in [3.05, 3.63) is 67.6 Å². The Morgan fingerprint density at radius 1 is 1.00 bits per heavy atom. The molecule has 0 fully saturated rings. The van der Waals surface area contributed by atoms with Crippen molar-refractivity contribution in [1.29, 1.82) is 0 Å². The van der Waals surface area contributed by atoms with Crippen molar-refractivity contribution >= 4 is 50.7 Å². The van der Waals surface area contributed by atoms with Crippen LogP contribution in [0.2, 0.25) is 10.0 Å². The van der Waals surface area contributed by atoms with Crippen LogP contribution < -0.4 is 0 Å². The molecule has 2 aromatic rings. The fourth-order valence-corrected chi connectivity index (χ4v) is 2.74. The SMILES string of the molecule is Fc1cc(C(Cl)Cc2ccc(Cl)c(Cl)c2)c(F)cc1Br. The molecule has 0 saturated carbocycles. The quantitative estimate of drug-likeness (QED) is 0.404. The van der Waals surface area contributed by atoms with Gasteiger partial charge in [-0.05, 0) is 52.2 Å². The summed E-state index contributed by atoms with van der Waals surface area (Å²) in [6.45, 7) is 0. The van der Waals surface area contributed by atoms with Gasteiger partial charge in [-0.2, -0.15) is 0 Å². The van der Waals surface area contributed by atoms with Crippen LogP contribution in [0.25, 0.3) is 0 Å². The molecule has 0 heterocycles. The third kappa shape index (κ3) is 3.64. The molecule has 0 nitrogen and oxygen atoms in total. The summed E-state index contributed by atoms with van der Waals surface area (Å²) in [5.41, 5.74) is 0.903. The van der Waals surface area contributed by atoms with Crippen LogP contribution in [0.1, 0.15) is 16.5 Å². The van der Waals surface area contributed by atoms with Gasteiger partial charge in [-0.1, -0.05) is 29.3 Å². The second kappa shape index (κ2) is 6.61. The molecule has 20 heavy (non-hydrogen) atoms. The van der Waals surface area contributed by atoms with Crippen LogP contribution in [0.4, 0.5) is 8.78 Å². The molecule has 0 N–H and O–H groups in total. The Morgan fingerprint density at radius 3 is 2.35 bits per heavy atom. The first-order valence-electron chi connectivity index (χ1n) is 5.61. The molecule has 106 valence electrons. The zero-order chi connectivity index (χ0) is 14.9. The second-order valence-electron chi connectivity index (χ2n) is 4.21. The molecule has 0 aliphatic heterocycles. The monoisotopic (exact) mass is 398 g/mol. The van der Waals surface area contributed by atoms with E-state index in [1.807, 2.05) is 0 Å².